The van der Waals surface area contributed by atoms with Crippen LogP contribution in [0.4, 0.5) is 20.3 Å². The highest BCUT2D eigenvalue weighted by Gasteiger charge is 2.23. The lowest BCUT2D eigenvalue weighted by molar-refractivity contribution is 0.0904. The predicted molar refractivity (Wildman–Crippen MR) is 130 cm³/mol. The van der Waals surface area contributed by atoms with Crippen molar-refractivity contribution in [3.63, 3.8) is 0 Å². The number of ether oxygens (including phenoxy) is 1. The molecule has 2 heterocycles. The number of fused-ring (bicyclic) bond motifs is 1. The third kappa shape index (κ3) is 4.67. The third-order valence-corrected chi connectivity index (χ3v) is 7.75. The number of halogens is 2. The summed E-state index contributed by atoms with van der Waals surface area (Å²) >= 11 is 0. The number of nitrogens with zero attached hydrogens (tertiary/aromatic N) is 1. The summed E-state index contributed by atoms with van der Waals surface area (Å²) < 4.78 is 59.8. The van der Waals surface area contributed by atoms with Gasteiger partial charge in [-0.1, -0.05) is 12.1 Å². The van der Waals surface area contributed by atoms with Gasteiger partial charge in [0.1, 0.15) is 11.6 Å². The van der Waals surface area contributed by atoms with Crippen molar-refractivity contribution in [2.24, 2.45) is 0 Å². The topological polar surface area (TPSA) is 113 Å². The molecule has 1 aromatic heterocycles. The molecule has 0 saturated carbocycles. The second-order valence-corrected chi connectivity index (χ2v) is 10.3. The van der Waals surface area contributed by atoms with Crippen LogP contribution in [0.3, 0.4) is 0 Å². The molecule has 11 heteroatoms. The molecule has 1 aliphatic rings. The second kappa shape index (κ2) is 9.67. The highest BCUT2D eigenvalue weighted by atomic mass is 32.2. The minimum atomic E-state index is -4.03. The molecule has 0 spiro atoms. The number of aromatic amines is 1. The maximum Gasteiger partial charge on any atom is 0.261 e. The summed E-state index contributed by atoms with van der Waals surface area (Å²) in [5.41, 5.74) is 0.620. The number of H-pyrrole nitrogens is 1. The first-order chi connectivity index (χ1) is 17.3. The molecule has 4 aromatic rings. The van der Waals surface area contributed by atoms with Crippen LogP contribution >= 0.6 is 0 Å². The maximum atomic E-state index is 14.8. The van der Waals surface area contributed by atoms with Gasteiger partial charge in [0.15, 0.2) is 5.82 Å². The van der Waals surface area contributed by atoms with E-state index in [4.69, 9.17) is 4.74 Å². The molecule has 36 heavy (non-hydrogen) atoms. The van der Waals surface area contributed by atoms with E-state index in [1.54, 1.807) is 6.07 Å². The van der Waals surface area contributed by atoms with Crippen molar-refractivity contribution in [3.05, 3.63) is 77.9 Å². The minimum Gasteiger partial charge on any atom is -0.381 e. The lowest BCUT2D eigenvalue weighted by Gasteiger charge is -2.25. The van der Waals surface area contributed by atoms with E-state index in [1.165, 1.54) is 42.5 Å². The van der Waals surface area contributed by atoms with Crippen LogP contribution in [0.2, 0.25) is 0 Å². The van der Waals surface area contributed by atoms with Gasteiger partial charge in [-0.15, -0.1) is 0 Å². The van der Waals surface area contributed by atoms with Crippen molar-refractivity contribution in [1.82, 2.24) is 10.2 Å². The van der Waals surface area contributed by atoms with Gasteiger partial charge in [0.2, 0.25) is 9.84 Å². The molecular formula is C25H22F2N4O4S. The standard InChI is InChI=1S/C25H22F2N4O4S/c26-15-3-1-4-17(13-15)36(33,34)18-7-8-21-19(14-18)24(31-30-21)29-25(32)23-20(27)5-2-6-22(23)28-16-9-11-35-12-10-16/h1-8,13-14,16,28H,9-12H2,(H2,29,30,31,32). The van der Waals surface area contributed by atoms with Gasteiger partial charge in [0, 0.05) is 24.6 Å². The molecule has 1 amide bonds. The monoisotopic (exact) mass is 512 g/mol. The smallest absolute Gasteiger partial charge is 0.261 e. The van der Waals surface area contributed by atoms with Crippen LogP contribution in [0.5, 0.6) is 0 Å². The van der Waals surface area contributed by atoms with Crippen LogP contribution in [0.25, 0.3) is 10.9 Å². The third-order valence-electron chi connectivity index (χ3n) is 6.00. The molecule has 186 valence electrons. The van der Waals surface area contributed by atoms with Crippen molar-refractivity contribution in [2.75, 3.05) is 23.8 Å². The first-order valence-corrected chi connectivity index (χ1v) is 12.7. The van der Waals surface area contributed by atoms with Crippen LogP contribution in [0, 0.1) is 11.6 Å². The Balaban J connectivity index is 1.46. The Hall–Kier alpha value is -3.83. The summed E-state index contributed by atoms with van der Waals surface area (Å²) in [6, 6.07) is 13.2. The Bertz CT molecular complexity index is 1550. The largest absolute Gasteiger partial charge is 0.381 e. The molecule has 1 saturated heterocycles. The highest BCUT2D eigenvalue weighted by Crippen LogP contribution is 2.29. The van der Waals surface area contributed by atoms with Crippen LogP contribution in [-0.4, -0.2) is 43.8 Å². The average Bonchev–Trinajstić information content (AvgIpc) is 3.26. The number of rotatable bonds is 6. The summed E-state index contributed by atoms with van der Waals surface area (Å²) in [7, 11) is -4.03. The fourth-order valence-corrected chi connectivity index (χ4v) is 5.45. The van der Waals surface area contributed by atoms with E-state index in [9.17, 15) is 22.0 Å². The van der Waals surface area contributed by atoms with E-state index in [1.807, 2.05) is 0 Å². The number of nitrogens with one attached hydrogen (secondary N) is 3. The Labute approximate surface area is 205 Å². The lowest BCUT2D eigenvalue weighted by Crippen LogP contribution is -2.29. The first-order valence-electron chi connectivity index (χ1n) is 11.3. The molecule has 0 radical (unpaired) electrons. The van der Waals surface area contributed by atoms with Gasteiger partial charge in [-0.25, -0.2) is 17.2 Å². The summed E-state index contributed by atoms with van der Waals surface area (Å²) in [6.07, 6.45) is 1.45. The van der Waals surface area contributed by atoms with Crippen molar-refractivity contribution in [3.8, 4) is 0 Å². The Morgan fingerprint density at radius 2 is 1.75 bits per heavy atom. The quantitative estimate of drug-likeness (QED) is 0.350. The SMILES string of the molecule is O=C(Nc1n[nH]c2ccc(S(=O)(=O)c3cccc(F)c3)cc12)c1c(F)cccc1NC1CCOCC1. The van der Waals surface area contributed by atoms with Crippen molar-refractivity contribution in [1.29, 1.82) is 0 Å². The van der Waals surface area contributed by atoms with Gasteiger partial charge < -0.3 is 15.4 Å². The summed E-state index contributed by atoms with van der Waals surface area (Å²) in [6.45, 7) is 1.16. The summed E-state index contributed by atoms with van der Waals surface area (Å²) in [5, 5.41) is 12.9. The lowest BCUT2D eigenvalue weighted by atomic mass is 10.1. The number of carbonyl (C=O) groups is 1. The van der Waals surface area contributed by atoms with Gasteiger partial charge in [0.05, 0.1) is 26.6 Å². The molecule has 0 aliphatic carbocycles. The fraction of sp³-hybridized carbons (Fsp3) is 0.200. The van der Waals surface area contributed by atoms with Gasteiger partial charge in [-0.2, -0.15) is 5.10 Å². The Morgan fingerprint density at radius 3 is 2.53 bits per heavy atom. The maximum absolute atomic E-state index is 14.8. The molecule has 0 atom stereocenters. The van der Waals surface area contributed by atoms with Crippen LogP contribution < -0.4 is 10.6 Å². The zero-order chi connectivity index (χ0) is 25.3. The van der Waals surface area contributed by atoms with Crippen molar-refractivity contribution < 1.29 is 26.7 Å². The number of hydrogen-bond donors (Lipinski definition) is 3. The predicted octanol–water partition coefficient (Wildman–Crippen LogP) is 4.52. The summed E-state index contributed by atoms with van der Waals surface area (Å²) in [5.74, 6) is -2.09. The average molecular weight is 513 g/mol. The minimum absolute atomic E-state index is 0.0339. The molecule has 0 bridgehead atoms. The van der Waals surface area contributed by atoms with Crippen LogP contribution in [0.1, 0.15) is 23.2 Å². The van der Waals surface area contributed by atoms with Gasteiger partial charge in [-0.05, 0) is 61.4 Å². The molecule has 5 rings (SSSR count). The molecule has 3 N–H and O–H groups in total. The number of amides is 1. The van der Waals surface area contributed by atoms with Gasteiger partial charge >= 0.3 is 0 Å². The molecule has 3 aromatic carbocycles. The normalized spacial score (nSPS) is 14.6. The number of aromatic nitrogens is 2. The van der Waals surface area contributed by atoms with Crippen molar-refractivity contribution >= 4 is 38.2 Å². The van der Waals surface area contributed by atoms with E-state index >= 15 is 0 Å². The van der Waals surface area contributed by atoms with Crippen molar-refractivity contribution in [2.45, 2.75) is 28.7 Å². The highest BCUT2D eigenvalue weighted by molar-refractivity contribution is 7.91. The molecular weight excluding hydrogens is 490 g/mol. The fourth-order valence-electron chi connectivity index (χ4n) is 4.13. The Kier molecular flexibility index (Phi) is 6.42. The van der Waals surface area contributed by atoms with E-state index in [0.717, 1.165) is 25.0 Å². The number of anilines is 2. The molecule has 1 aliphatic heterocycles. The second-order valence-electron chi connectivity index (χ2n) is 8.39. The summed E-state index contributed by atoms with van der Waals surface area (Å²) in [4.78, 5) is 12.8. The first kappa shape index (κ1) is 23.9. The van der Waals surface area contributed by atoms with E-state index in [-0.39, 0.29) is 27.2 Å². The van der Waals surface area contributed by atoms with E-state index < -0.39 is 27.4 Å². The zero-order valence-corrected chi connectivity index (χ0v) is 19.7. The van der Waals surface area contributed by atoms with E-state index in [2.05, 4.69) is 20.8 Å². The molecule has 8 nitrogen and oxygen atoms in total. The van der Waals surface area contributed by atoms with Crippen LogP contribution in [-0.2, 0) is 14.6 Å². The molecule has 1 fully saturated rings. The van der Waals surface area contributed by atoms with Crippen LogP contribution in [0.15, 0.2) is 70.5 Å². The number of carbonyl (C=O) groups excluding carboxylic acids is 1. The number of sulfone groups is 1. The Morgan fingerprint density at radius 1 is 1.00 bits per heavy atom. The van der Waals surface area contributed by atoms with Gasteiger partial charge in [0.25, 0.3) is 5.91 Å². The van der Waals surface area contributed by atoms with Gasteiger partial charge in [-0.3, -0.25) is 9.89 Å². The number of hydrogen-bond acceptors (Lipinski definition) is 6. The number of benzene rings is 3. The molecule has 0 unspecified atom stereocenters. The zero-order valence-electron chi connectivity index (χ0n) is 18.9. The van der Waals surface area contributed by atoms with E-state index in [0.29, 0.717) is 29.8 Å².